The van der Waals surface area contributed by atoms with Crippen molar-refractivity contribution in [3.05, 3.63) is 52.0 Å². The molecule has 0 aliphatic heterocycles. The maximum absolute atomic E-state index is 12.4. The number of aromatic nitrogens is 1. The lowest BCUT2D eigenvalue weighted by Gasteiger charge is -2.10. The van der Waals surface area contributed by atoms with Crippen LogP contribution in [-0.2, 0) is 6.42 Å². The first kappa shape index (κ1) is 12.7. The highest BCUT2D eigenvalue weighted by atomic mass is 16.1. The summed E-state index contributed by atoms with van der Waals surface area (Å²) in [6.45, 7) is 4.16. The van der Waals surface area contributed by atoms with Gasteiger partial charge in [-0.15, -0.1) is 0 Å². The van der Waals surface area contributed by atoms with Gasteiger partial charge < -0.3 is 4.48 Å². The predicted octanol–water partition coefficient (Wildman–Crippen LogP) is 2.38. The van der Waals surface area contributed by atoms with Crippen molar-refractivity contribution in [2.45, 2.75) is 26.7 Å². The fourth-order valence-electron chi connectivity index (χ4n) is 2.25. The molecule has 1 aromatic carbocycles. The maximum atomic E-state index is 12.4. The highest BCUT2D eigenvalue weighted by Crippen LogP contribution is 2.18. The monoisotopic (exact) mass is 239 g/mol. The summed E-state index contributed by atoms with van der Waals surface area (Å²) in [4.78, 5) is 12.4. The molecule has 0 aliphatic carbocycles. The largest absolute Gasteiger partial charge is 0.364 e. The molecule has 1 aromatic heterocycles. The fraction of sp³-hybridized carbons (Fsp3) is 0.267. The van der Waals surface area contributed by atoms with Gasteiger partial charge >= 0.3 is 0 Å². The van der Waals surface area contributed by atoms with Gasteiger partial charge in [0.15, 0.2) is 0 Å². The normalized spacial score (nSPS) is 11.4. The SMILES string of the molecule is Bn1c(CC)cc2cccc(/C=C/CC)c2c1=O. The van der Waals surface area contributed by atoms with E-state index in [0.717, 1.165) is 34.9 Å². The van der Waals surface area contributed by atoms with Crippen LogP contribution in [0.4, 0.5) is 0 Å². The quantitative estimate of drug-likeness (QED) is 0.754. The molecule has 2 nitrogen and oxygen atoms in total. The van der Waals surface area contributed by atoms with Gasteiger partial charge in [0, 0.05) is 5.69 Å². The highest BCUT2D eigenvalue weighted by Gasteiger charge is 2.07. The number of pyridine rings is 1. The summed E-state index contributed by atoms with van der Waals surface area (Å²) in [6, 6.07) is 8.14. The van der Waals surface area contributed by atoms with E-state index in [4.69, 9.17) is 0 Å². The van der Waals surface area contributed by atoms with E-state index in [9.17, 15) is 4.79 Å². The van der Waals surface area contributed by atoms with E-state index < -0.39 is 0 Å². The molecule has 2 rings (SSSR count). The summed E-state index contributed by atoms with van der Waals surface area (Å²) < 4.78 is 1.76. The van der Waals surface area contributed by atoms with Crippen molar-refractivity contribution in [1.29, 1.82) is 0 Å². The highest BCUT2D eigenvalue weighted by molar-refractivity contribution is 6.08. The molecule has 0 saturated carbocycles. The van der Waals surface area contributed by atoms with Crippen LogP contribution in [0, 0.1) is 0 Å². The van der Waals surface area contributed by atoms with Crippen LogP contribution in [0.2, 0.25) is 0 Å². The van der Waals surface area contributed by atoms with Gasteiger partial charge in [-0.3, -0.25) is 4.79 Å². The third-order valence-electron chi connectivity index (χ3n) is 3.30. The molecule has 0 radical (unpaired) electrons. The number of benzene rings is 1. The van der Waals surface area contributed by atoms with Gasteiger partial charge in [-0.25, -0.2) is 0 Å². The van der Waals surface area contributed by atoms with E-state index in [0.29, 0.717) is 0 Å². The van der Waals surface area contributed by atoms with Crippen molar-refractivity contribution >= 4 is 24.8 Å². The van der Waals surface area contributed by atoms with Crippen LogP contribution in [0.3, 0.4) is 0 Å². The number of allylic oxidation sites excluding steroid dienone is 1. The Hall–Kier alpha value is -1.77. The molecule has 0 N–H and O–H groups in total. The Labute approximate surface area is 108 Å². The van der Waals surface area contributed by atoms with Gasteiger partial charge in [0.2, 0.25) is 13.5 Å². The van der Waals surface area contributed by atoms with Crippen LogP contribution in [0.5, 0.6) is 0 Å². The van der Waals surface area contributed by atoms with Crippen LogP contribution in [0.1, 0.15) is 31.5 Å². The molecule has 2 aromatic rings. The average molecular weight is 239 g/mol. The number of hydrogen-bond donors (Lipinski definition) is 0. The van der Waals surface area contributed by atoms with Gasteiger partial charge in [-0.2, -0.15) is 0 Å². The Morgan fingerprint density at radius 3 is 2.78 bits per heavy atom. The van der Waals surface area contributed by atoms with E-state index >= 15 is 0 Å². The summed E-state index contributed by atoms with van der Waals surface area (Å²) in [7, 11) is 1.85. The van der Waals surface area contributed by atoms with Crippen LogP contribution >= 0.6 is 0 Å². The van der Waals surface area contributed by atoms with Gasteiger partial charge in [-0.1, -0.05) is 44.2 Å². The van der Waals surface area contributed by atoms with Gasteiger partial charge in [0.25, 0.3) is 0 Å². The first-order valence-corrected chi connectivity index (χ1v) is 6.47. The Morgan fingerprint density at radius 1 is 1.33 bits per heavy atom. The van der Waals surface area contributed by atoms with Crippen molar-refractivity contribution in [3.63, 3.8) is 0 Å². The third kappa shape index (κ3) is 2.13. The van der Waals surface area contributed by atoms with Crippen LogP contribution in [0.25, 0.3) is 16.8 Å². The van der Waals surface area contributed by atoms with E-state index in [1.54, 1.807) is 4.48 Å². The van der Waals surface area contributed by atoms with Crippen LogP contribution < -0.4 is 5.56 Å². The zero-order valence-corrected chi connectivity index (χ0v) is 11.2. The fourth-order valence-corrected chi connectivity index (χ4v) is 2.25. The molecule has 3 heteroatoms. The first-order chi connectivity index (χ1) is 8.69. The maximum Gasteiger partial charge on any atom is 0.246 e. The number of rotatable bonds is 3. The molecule has 92 valence electrons. The summed E-state index contributed by atoms with van der Waals surface area (Å²) in [5.74, 6) is 0. The number of hydrogen-bond acceptors (Lipinski definition) is 1. The zero-order valence-electron chi connectivity index (χ0n) is 11.2. The second kappa shape index (κ2) is 5.26. The number of nitrogens with zero attached hydrogens (tertiary/aromatic N) is 1. The second-order valence-corrected chi connectivity index (χ2v) is 4.48. The third-order valence-corrected chi connectivity index (χ3v) is 3.30. The molecule has 18 heavy (non-hydrogen) atoms. The smallest absolute Gasteiger partial charge is 0.246 e. The van der Waals surface area contributed by atoms with E-state index in [-0.39, 0.29) is 5.56 Å². The minimum Gasteiger partial charge on any atom is -0.364 e. The van der Waals surface area contributed by atoms with Crippen molar-refractivity contribution < 1.29 is 0 Å². The van der Waals surface area contributed by atoms with Crippen molar-refractivity contribution in [1.82, 2.24) is 4.48 Å². The molecular weight excluding hydrogens is 221 g/mol. The molecule has 0 saturated heterocycles. The Bertz CT molecular complexity index is 655. The Kier molecular flexibility index (Phi) is 3.70. The molecule has 0 unspecified atom stereocenters. The van der Waals surface area contributed by atoms with Gasteiger partial charge in [0.1, 0.15) is 0 Å². The minimum absolute atomic E-state index is 0.0979. The second-order valence-electron chi connectivity index (χ2n) is 4.48. The summed E-state index contributed by atoms with van der Waals surface area (Å²) in [5.41, 5.74) is 2.18. The average Bonchev–Trinajstić information content (AvgIpc) is 2.40. The lowest BCUT2D eigenvalue weighted by molar-refractivity contribution is 0.968. The molecule has 0 atom stereocenters. The lowest BCUT2D eigenvalue weighted by atomic mass is 10.0. The van der Waals surface area contributed by atoms with Gasteiger partial charge in [0.05, 0.1) is 5.39 Å². The van der Waals surface area contributed by atoms with E-state index in [1.807, 2.05) is 32.3 Å². The molecule has 0 spiro atoms. The Morgan fingerprint density at radius 2 is 2.11 bits per heavy atom. The minimum atomic E-state index is 0.0979. The zero-order chi connectivity index (χ0) is 13.1. The molecule has 0 aliphatic rings. The predicted molar refractivity (Wildman–Crippen MR) is 80.9 cm³/mol. The molecule has 0 fully saturated rings. The number of aryl methyl sites for hydroxylation is 1. The first-order valence-electron chi connectivity index (χ1n) is 6.47. The van der Waals surface area contributed by atoms with Crippen LogP contribution in [-0.4, -0.2) is 12.5 Å². The molecule has 0 bridgehead atoms. The summed E-state index contributed by atoms with van der Waals surface area (Å²) >= 11 is 0. The Balaban J connectivity index is 2.81. The molecule has 1 heterocycles. The summed E-state index contributed by atoms with van der Waals surface area (Å²) in [6.07, 6.45) is 5.97. The number of fused-ring (bicyclic) bond motifs is 1. The topological polar surface area (TPSA) is 22.0 Å². The van der Waals surface area contributed by atoms with E-state index in [2.05, 4.69) is 26.0 Å². The molecule has 0 amide bonds. The van der Waals surface area contributed by atoms with Crippen molar-refractivity contribution in [2.75, 3.05) is 0 Å². The van der Waals surface area contributed by atoms with Gasteiger partial charge in [-0.05, 0) is 29.9 Å². The van der Waals surface area contributed by atoms with Crippen molar-refractivity contribution in [2.24, 2.45) is 0 Å². The summed E-state index contributed by atoms with van der Waals surface area (Å²) in [5, 5.41) is 1.86. The standard InChI is InChI=1S/C15H18BNO/c1-3-5-7-11-8-6-9-12-10-13(4-2)17(16)15(18)14(11)12/h5-10H,3-4,16H2,1-2H3/b7-5+. The molecular formula is C15H18BNO. The van der Waals surface area contributed by atoms with E-state index in [1.165, 1.54) is 0 Å². The van der Waals surface area contributed by atoms with Crippen LogP contribution in [0.15, 0.2) is 35.1 Å². The lowest BCUT2D eigenvalue weighted by Crippen LogP contribution is -2.22. The van der Waals surface area contributed by atoms with Crippen molar-refractivity contribution in [3.8, 4) is 0 Å².